The first-order chi connectivity index (χ1) is 11.1. The van der Waals surface area contributed by atoms with Crippen LogP contribution in [0.25, 0.3) is 0 Å². The van der Waals surface area contributed by atoms with Gasteiger partial charge in [0, 0.05) is 0 Å². The SMILES string of the molecule is CC1C2CCCCC2C2CC(C(C)C3(C)CCCCC3)CCC12. The van der Waals surface area contributed by atoms with Crippen LogP contribution in [-0.2, 0) is 0 Å². The maximum Gasteiger partial charge on any atom is -0.0298 e. The lowest BCUT2D eigenvalue weighted by atomic mass is 9.58. The highest BCUT2D eigenvalue weighted by molar-refractivity contribution is 5.01. The van der Waals surface area contributed by atoms with Gasteiger partial charge in [-0.05, 0) is 91.8 Å². The molecule has 0 spiro atoms. The summed E-state index contributed by atoms with van der Waals surface area (Å²) in [6.07, 6.45) is 18.5. The van der Waals surface area contributed by atoms with Crippen molar-refractivity contribution in [1.29, 1.82) is 0 Å². The predicted molar refractivity (Wildman–Crippen MR) is 99.3 cm³/mol. The number of hydrogen-bond donors (Lipinski definition) is 0. The molecule has 0 N–H and O–H groups in total. The standard InChI is InChI=1S/C23H40/c1-16-19-9-5-6-10-21(19)22-15-18(11-12-20(16)22)17(2)23(3)13-7-4-8-14-23/h16-22H,4-15H2,1-3H3. The molecule has 0 amide bonds. The van der Waals surface area contributed by atoms with Crippen LogP contribution in [0.2, 0.25) is 0 Å². The molecule has 132 valence electrons. The molecule has 4 fully saturated rings. The Morgan fingerprint density at radius 1 is 0.739 bits per heavy atom. The van der Waals surface area contributed by atoms with E-state index in [4.69, 9.17) is 0 Å². The normalized spacial score (nSPS) is 47.6. The van der Waals surface area contributed by atoms with Gasteiger partial charge in [0.2, 0.25) is 0 Å². The first kappa shape index (κ1) is 16.5. The Labute approximate surface area is 145 Å². The molecule has 7 unspecified atom stereocenters. The largest absolute Gasteiger partial charge is 0.0620 e. The summed E-state index contributed by atoms with van der Waals surface area (Å²) in [5.41, 5.74) is 0.673. The van der Waals surface area contributed by atoms with Crippen molar-refractivity contribution in [3.63, 3.8) is 0 Å². The number of hydrogen-bond acceptors (Lipinski definition) is 0. The van der Waals surface area contributed by atoms with Gasteiger partial charge >= 0.3 is 0 Å². The Morgan fingerprint density at radius 3 is 2.13 bits per heavy atom. The molecule has 0 aromatic rings. The van der Waals surface area contributed by atoms with E-state index in [1.54, 1.807) is 32.1 Å². The molecule has 0 radical (unpaired) electrons. The van der Waals surface area contributed by atoms with Gasteiger partial charge in [-0.2, -0.15) is 0 Å². The van der Waals surface area contributed by atoms with Crippen LogP contribution in [0.5, 0.6) is 0 Å². The third-order valence-corrected chi connectivity index (χ3v) is 9.57. The summed E-state index contributed by atoms with van der Waals surface area (Å²) >= 11 is 0. The second-order valence-electron chi connectivity index (χ2n) is 10.4. The lowest BCUT2D eigenvalue weighted by Gasteiger charge is -2.47. The highest BCUT2D eigenvalue weighted by Crippen LogP contribution is 2.60. The lowest BCUT2D eigenvalue weighted by Crippen LogP contribution is -2.37. The predicted octanol–water partition coefficient (Wildman–Crippen LogP) is 7.08. The molecule has 23 heavy (non-hydrogen) atoms. The zero-order chi connectivity index (χ0) is 16.0. The minimum Gasteiger partial charge on any atom is -0.0620 e. The molecular formula is C23H40. The van der Waals surface area contributed by atoms with Gasteiger partial charge in [0.1, 0.15) is 0 Å². The molecule has 0 saturated heterocycles. The maximum absolute atomic E-state index is 2.65. The molecule has 4 rings (SSSR count). The van der Waals surface area contributed by atoms with Gasteiger partial charge in [0.15, 0.2) is 0 Å². The summed E-state index contributed by atoms with van der Waals surface area (Å²) in [6, 6.07) is 0. The van der Waals surface area contributed by atoms with Crippen molar-refractivity contribution in [3.05, 3.63) is 0 Å². The molecule has 0 heteroatoms. The van der Waals surface area contributed by atoms with Crippen molar-refractivity contribution in [3.8, 4) is 0 Å². The summed E-state index contributed by atoms with van der Waals surface area (Å²) in [4.78, 5) is 0. The third kappa shape index (κ3) is 2.81. The summed E-state index contributed by atoms with van der Waals surface area (Å²) in [7, 11) is 0. The molecule has 0 aromatic heterocycles. The zero-order valence-corrected chi connectivity index (χ0v) is 16.0. The van der Waals surface area contributed by atoms with E-state index in [1.807, 2.05) is 0 Å². The molecule has 0 nitrogen and oxygen atoms in total. The Kier molecular flexibility index (Phi) is 4.57. The van der Waals surface area contributed by atoms with Crippen molar-refractivity contribution in [2.75, 3.05) is 0 Å². The fourth-order valence-electron chi connectivity index (χ4n) is 7.94. The van der Waals surface area contributed by atoms with Crippen molar-refractivity contribution in [2.45, 2.75) is 97.8 Å². The van der Waals surface area contributed by atoms with Gasteiger partial charge in [0.05, 0.1) is 0 Å². The Balaban J connectivity index is 1.47. The van der Waals surface area contributed by atoms with Crippen LogP contribution in [0.1, 0.15) is 97.8 Å². The number of rotatable bonds is 2. The molecule has 4 saturated carbocycles. The maximum atomic E-state index is 2.65. The van der Waals surface area contributed by atoms with Crippen LogP contribution in [0, 0.1) is 46.8 Å². The average molecular weight is 317 g/mol. The van der Waals surface area contributed by atoms with Crippen molar-refractivity contribution in [1.82, 2.24) is 0 Å². The topological polar surface area (TPSA) is 0 Å². The van der Waals surface area contributed by atoms with E-state index in [0.717, 1.165) is 41.4 Å². The van der Waals surface area contributed by atoms with Crippen molar-refractivity contribution >= 4 is 0 Å². The molecule has 0 heterocycles. The number of fused-ring (bicyclic) bond motifs is 3. The van der Waals surface area contributed by atoms with Crippen LogP contribution in [-0.4, -0.2) is 0 Å². The minimum absolute atomic E-state index is 0.673. The summed E-state index contributed by atoms with van der Waals surface area (Å²) in [6.45, 7) is 7.91. The quantitative estimate of drug-likeness (QED) is 0.510. The summed E-state index contributed by atoms with van der Waals surface area (Å²) in [5, 5.41) is 0. The first-order valence-electron chi connectivity index (χ1n) is 11.1. The van der Waals surface area contributed by atoms with E-state index in [2.05, 4.69) is 20.8 Å². The van der Waals surface area contributed by atoms with Gasteiger partial charge in [-0.15, -0.1) is 0 Å². The van der Waals surface area contributed by atoms with Gasteiger partial charge < -0.3 is 0 Å². The average Bonchev–Trinajstić information content (AvgIpc) is 2.88. The fourth-order valence-corrected chi connectivity index (χ4v) is 7.94. The second-order valence-corrected chi connectivity index (χ2v) is 10.4. The summed E-state index contributed by atoms with van der Waals surface area (Å²) < 4.78 is 0. The lowest BCUT2D eigenvalue weighted by molar-refractivity contribution is 0.0332. The van der Waals surface area contributed by atoms with Gasteiger partial charge in [0.25, 0.3) is 0 Å². The van der Waals surface area contributed by atoms with Gasteiger partial charge in [-0.1, -0.05) is 52.9 Å². The van der Waals surface area contributed by atoms with E-state index in [-0.39, 0.29) is 0 Å². The van der Waals surface area contributed by atoms with Crippen LogP contribution in [0.3, 0.4) is 0 Å². The van der Waals surface area contributed by atoms with E-state index < -0.39 is 0 Å². The van der Waals surface area contributed by atoms with E-state index >= 15 is 0 Å². The van der Waals surface area contributed by atoms with Crippen molar-refractivity contribution < 1.29 is 0 Å². The molecule has 4 aliphatic carbocycles. The van der Waals surface area contributed by atoms with Crippen LogP contribution >= 0.6 is 0 Å². The van der Waals surface area contributed by atoms with Gasteiger partial charge in [-0.3, -0.25) is 0 Å². The monoisotopic (exact) mass is 316 g/mol. The minimum atomic E-state index is 0.673. The molecule has 7 atom stereocenters. The molecule has 0 aromatic carbocycles. The highest BCUT2D eigenvalue weighted by Gasteiger charge is 2.51. The van der Waals surface area contributed by atoms with Crippen LogP contribution < -0.4 is 0 Å². The second kappa shape index (κ2) is 6.38. The Hall–Kier alpha value is 0. The molecular weight excluding hydrogens is 276 g/mol. The third-order valence-electron chi connectivity index (χ3n) is 9.57. The Bertz CT molecular complexity index is 404. The molecule has 0 aliphatic heterocycles. The van der Waals surface area contributed by atoms with Crippen LogP contribution in [0.15, 0.2) is 0 Å². The molecule has 4 aliphatic rings. The smallest absolute Gasteiger partial charge is 0.0298 e. The summed E-state index contributed by atoms with van der Waals surface area (Å²) in [5.74, 6) is 7.52. The zero-order valence-electron chi connectivity index (χ0n) is 16.0. The van der Waals surface area contributed by atoms with Crippen molar-refractivity contribution in [2.24, 2.45) is 46.8 Å². The molecule has 0 bridgehead atoms. The highest BCUT2D eigenvalue weighted by atomic mass is 14.6. The van der Waals surface area contributed by atoms with E-state index in [9.17, 15) is 0 Å². The fraction of sp³-hybridized carbons (Fsp3) is 1.00. The van der Waals surface area contributed by atoms with Gasteiger partial charge in [-0.25, -0.2) is 0 Å². The van der Waals surface area contributed by atoms with Crippen LogP contribution in [0.4, 0.5) is 0 Å². The van der Waals surface area contributed by atoms with E-state index in [1.165, 1.54) is 44.9 Å². The first-order valence-corrected chi connectivity index (χ1v) is 11.1. The van der Waals surface area contributed by atoms with E-state index in [0.29, 0.717) is 5.41 Å². The Morgan fingerprint density at radius 2 is 1.39 bits per heavy atom.